The molecule has 0 unspecified atom stereocenters. The second-order valence-corrected chi connectivity index (χ2v) is 4.78. The molecule has 0 aliphatic heterocycles. The first-order valence-electron chi connectivity index (χ1n) is 5.79. The van der Waals surface area contributed by atoms with Crippen LogP contribution in [0.1, 0.15) is 17.4 Å². The van der Waals surface area contributed by atoms with Crippen molar-refractivity contribution in [3.63, 3.8) is 0 Å². The molecule has 0 spiro atoms. The number of nitrogens with two attached hydrogens (primary N) is 1. The third-order valence-electron chi connectivity index (χ3n) is 2.45. The number of benzene rings is 1. The van der Waals surface area contributed by atoms with Gasteiger partial charge >= 0.3 is 0 Å². The van der Waals surface area contributed by atoms with Crippen molar-refractivity contribution in [2.75, 3.05) is 12.3 Å². The van der Waals surface area contributed by atoms with Gasteiger partial charge in [0, 0.05) is 16.6 Å². The zero-order chi connectivity index (χ0) is 13.8. The summed E-state index contributed by atoms with van der Waals surface area (Å²) in [6.45, 7) is 2.38. The predicted molar refractivity (Wildman–Crippen MR) is 77.6 cm³/mol. The normalized spacial score (nSPS) is 10.2. The van der Waals surface area contributed by atoms with Crippen LogP contribution in [0.4, 0.5) is 5.95 Å². The number of nitrogen functional groups attached to an aromatic ring is 1. The quantitative estimate of drug-likeness (QED) is 0.908. The van der Waals surface area contributed by atoms with Gasteiger partial charge in [0.2, 0.25) is 5.95 Å². The maximum atomic E-state index is 11.8. The van der Waals surface area contributed by atoms with Gasteiger partial charge in [-0.05, 0) is 25.1 Å². The topological polar surface area (TPSA) is 80.9 Å². The molecule has 0 aliphatic carbocycles. The van der Waals surface area contributed by atoms with Crippen LogP contribution in [0, 0.1) is 0 Å². The van der Waals surface area contributed by atoms with Crippen molar-refractivity contribution in [1.29, 1.82) is 0 Å². The molecule has 98 valence electrons. The summed E-state index contributed by atoms with van der Waals surface area (Å²) < 4.78 is 0.974. The molecule has 1 amide bonds. The second-order valence-electron chi connectivity index (χ2n) is 3.86. The van der Waals surface area contributed by atoms with E-state index in [1.54, 1.807) is 6.07 Å². The number of carbonyl (C=O) groups excluding carboxylic acids is 1. The van der Waals surface area contributed by atoms with Crippen LogP contribution in [0.15, 0.2) is 34.8 Å². The third-order valence-corrected chi connectivity index (χ3v) is 2.98. The number of hydrogen-bond donors (Lipinski definition) is 2. The van der Waals surface area contributed by atoms with Gasteiger partial charge in [-0.3, -0.25) is 4.79 Å². The van der Waals surface area contributed by atoms with Crippen LogP contribution < -0.4 is 11.1 Å². The molecule has 5 nitrogen and oxygen atoms in total. The standard InChI is InChI=1S/C13H13BrN4O/c1-2-16-12(19)11-7-10(17-13(15)18-11)8-3-5-9(14)6-4-8/h3-7H,2H2,1H3,(H,16,19)(H2,15,17,18). The molecule has 19 heavy (non-hydrogen) atoms. The van der Waals surface area contributed by atoms with Gasteiger partial charge in [0.1, 0.15) is 5.69 Å². The Kier molecular flexibility index (Phi) is 4.11. The molecule has 1 heterocycles. The first kappa shape index (κ1) is 13.5. The highest BCUT2D eigenvalue weighted by atomic mass is 79.9. The van der Waals surface area contributed by atoms with Crippen LogP contribution >= 0.6 is 15.9 Å². The molecule has 1 aromatic heterocycles. The van der Waals surface area contributed by atoms with E-state index >= 15 is 0 Å². The molecule has 2 rings (SSSR count). The molecule has 0 saturated heterocycles. The zero-order valence-corrected chi connectivity index (χ0v) is 11.9. The fourth-order valence-electron chi connectivity index (χ4n) is 1.60. The summed E-state index contributed by atoms with van der Waals surface area (Å²) in [7, 11) is 0. The van der Waals surface area contributed by atoms with Crippen LogP contribution in [-0.2, 0) is 0 Å². The van der Waals surface area contributed by atoms with E-state index in [9.17, 15) is 4.79 Å². The largest absolute Gasteiger partial charge is 0.368 e. The summed E-state index contributed by atoms with van der Waals surface area (Å²) in [6.07, 6.45) is 0. The van der Waals surface area contributed by atoms with Gasteiger partial charge in [-0.15, -0.1) is 0 Å². The Morgan fingerprint density at radius 2 is 2.00 bits per heavy atom. The first-order chi connectivity index (χ1) is 9.10. The van der Waals surface area contributed by atoms with Crippen molar-refractivity contribution in [2.45, 2.75) is 6.92 Å². The van der Waals surface area contributed by atoms with E-state index in [0.717, 1.165) is 10.0 Å². The fourth-order valence-corrected chi connectivity index (χ4v) is 1.87. The van der Waals surface area contributed by atoms with Crippen molar-refractivity contribution in [3.05, 3.63) is 40.5 Å². The molecule has 0 fully saturated rings. The van der Waals surface area contributed by atoms with Crippen molar-refractivity contribution in [3.8, 4) is 11.3 Å². The molecule has 2 aromatic rings. The van der Waals surface area contributed by atoms with Crippen molar-refractivity contribution in [2.24, 2.45) is 0 Å². The maximum Gasteiger partial charge on any atom is 0.270 e. The molecule has 0 saturated carbocycles. The van der Waals surface area contributed by atoms with Crippen LogP contribution in [0.5, 0.6) is 0 Å². The Morgan fingerprint density at radius 1 is 1.32 bits per heavy atom. The third kappa shape index (κ3) is 3.29. The lowest BCUT2D eigenvalue weighted by Crippen LogP contribution is -2.24. The van der Waals surface area contributed by atoms with Gasteiger partial charge in [0.05, 0.1) is 5.69 Å². The summed E-state index contributed by atoms with van der Waals surface area (Å²) in [6, 6.07) is 9.23. The summed E-state index contributed by atoms with van der Waals surface area (Å²) >= 11 is 3.37. The van der Waals surface area contributed by atoms with E-state index in [0.29, 0.717) is 12.2 Å². The first-order valence-corrected chi connectivity index (χ1v) is 6.58. The summed E-state index contributed by atoms with van der Waals surface area (Å²) in [4.78, 5) is 19.9. The number of aromatic nitrogens is 2. The number of amides is 1. The molecular weight excluding hydrogens is 308 g/mol. The van der Waals surface area contributed by atoms with E-state index in [1.807, 2.05) is 31.2 Å². The average molecular weight is 321 g/mol. The molecule has 0 bridgehead atoms. The minimum atomic E-state index is -0.255. The summed E-state index contributed by atoms with van der Waals surface area (Å²) in [5.74, 6) is -0.170. The van der Waals surface area contributed by atoms with Crippen LogP contribution in [-0.4, -0.2) is 22.4 Å². The highest BCUT2D eigenvalue weighted by Gasteiger charge is 2.10. The van der Waals surface area contributed by atoms with Crippen LogP contribution in [0.25, 0.3) is 11.3 Å². The Labute approximate surface area is 119 Å². The molecule has 0 radical (unpaired) electrons. The maximum absolute atomic E-state index is 11.8. The van der Waals surface area contributed by atoms with Crippen molar-refractivity contribution in [1.82, 2.24) is 15.3 Å². The Balaban J connectivity index is 2.41. The minimum absolute atomic E-state index is 0.0849. The smallest absolute Gasteiger partial charge is 0.270 e. The highest BCUT2D eigenvalue weighted by molar-refractivity contribution is 9.10. The van der Waals surface area contributed by atoms with Gasteiger partial charge in [-0.25, -0.2) is 9.97 Å². The second kappa shape index (κ2) is 5.79. The number of nitrogens with one attached hydrogen (secondary N) is 1. The van der Waals surface area contributed by atoms with E-state index < -0.39 is 0 Å². The number of carbonyl (C=O) groups is 1. The molecular formula is C13H13BrN4O. The monoisotopic (exact) mass is 320 g/mol. The van der Waals surface area contributed by atoms with E-state index in [4.69, 9.17) is 5.73 Å². The van der Waals surface area contributed by atoms with Gasteiger partial charge in [-0.1, -0.05) is 28.1 Å². The number of nitrogens with zero attached hydrogens (tertiary/aromatic N) is 2. The molecule has 0 aliphatic rings. The highest BCUT2D eigenvalue weighted by Crippen LogP contribution is 2.21. The number of rotatable bonds is 3. The molecule has 1 aromatic carbocycles. The van der Waals surface area contributed by atoms with E-state index in [2.05, 4.69) is 31.2 Å². The van der Waals surface area contributed by atoms with E-state index in [-0.39, 0.29) is 17.5 Å². The van der Waals surface area contributed by atoms with Gasteiger partial charge in [0.25, 0.3) is 5.91 Å². The number of hydrogen-bond acceptors (Lipinski definition) is 4. The van der Waals surface area contributed by atoms with Gasteiger partial charge < -0.3 is 11.1 Å². The summed E-state index contributed by atoms with van der Waals surface area (Å²) in [5.41, 5.74) is 7.42. The molecule has 3 N–H and O–H groups in total. The lowest BCUT2D eigenvalue weighted by Gasteiger charge is -2.06. The van der Waals surface area contributed by atoms with Crippen molar-refractivity contribution < 1.29 is 4.79 Å². The number of halogens is 1. The van der Waals surface area contributed by atoms with Crippen LogP contribution in [0.3, 0.4) is 0 Å². The Bertz CT molecular complexity index is 598. The average Bonchev–Trinajstić information content (AvgIpc) is 2.39. The number of anilines is 1. The molecule has 6 heteroatoms. The van der Waals surface area contributed by atoms with Gasteiger partial charge in [-0.2, -0.15) is 0 Å². The van der Waals surface area contributed by atoms with Gasteiger partial charge in [0.15, 0.2) is 0 Å². The van der Waals surface area contributed by atoms with E-state index in [1.165, 1.54) is 0 Å². The Morgan fingerprint density at radius 3 is 2.63 bits per heavy atom. The molecule has 0 atom stereocenters. The fraction of sp³-hybridized carbons (Fsp3) is 0.154. The summed E-state index contributed by atoms with van der Waals surface area (Å²) in [5, 5.41) is 2.68. The van der Waals surface area contributed by atoms with Crippen LogP contribution in [0.2, 0.25) is 0 Å². The lowest BCUT2D eigenvalue weighted by molar-refractivity contribution is 0.0951. The predicted octanol–water partition coefficient (Wildman–Crippen LogP) is 2.24. The van der Waals surface area contributed by atoms with Crippen molar-refractivity contribution >= 4 is 27.8 Å². The SMILES string of the molecule is CCNC(=O)c1cc(-c2ccc(Br)cc2)nc(N)n1. The Hall–Kier alpha value is -1.95. The zero-order valence-electron chi connectivity index (χ0n) is 10.4. The lowest BCUT2D eigenvalue weighted by atomic mass is 10.1. The minimum Gasteiger partial charge on any atom is -0.368 e.